The highest BCUT2D eigenvalue weighted by Crippen LogP contribution is 2.37. The van der Waals surface area contributed by atoms with E-state index in [9.17, 15) is 14.7 Å². The molecule has 2 N–H and O–H groups in total. The molecule has 1 aliphatic carbocycles. The maximum absolute atomic E-state index is 12.5. The molecule has 0 saturated heterocycles. The zero-order valence-electron chi connectivity index (χ0n) is 11.2. The van der Waals surface area contributed by atoms with E-state index in [1.165, 1.54) is 30.3 Å². The largest absolute Gasteiger partial charge is 0.507 e. The Morgan fingerprint density at radius 3 is 2.50 bits per heavy atom. The monoisotopic (exact) mass is 291 g/mol. The summed E-state index contributed by atoms with van der Waals surface area (Å²) in [4.78, 5) is 23.4. The molecule has 5 nitrogen and oxygen atoms in total. The minimum Gasteiger partial charge on any atom is -0.507 e. The number of carbonyl (C=O) groups excluding carboxylic acids is 1. The Balaban J connectivity index is 2.06. The van der Waals surface area contributed by atoms with Crippen molar-refractivity contribution in [3.8, 4) is 11.8 Å². The lowest BCUT2D eigenvalue weighted by atomic mass is 9.85. The van der Waals surface area contributed by atoms with Crippen LogP contribution in [0.15, 0.2) is 36.4 Å². The van der Waals surface area contributed by atoms with E-state index >= 15 is 0 Å². The van der Waals surface area contributed by atoms with Crippen molar-refractivity contribution in [2.24, 2.45) is 0 Å². The predicted octanol–water partition coefficient (Wildman–Crippen LogP) is 2.43. The highest BCUT2D eigenvalue weighted by atomic mass is 16.4. The van der Waals surface area contributed by atoms with Crippen molar-refractivity contribution in [2.75, 3.05) is 0 Å². The first kappa shape index (κ1) is 13.6. The van der Waals surface area contributed by atoms with Crippen molar-refractivity contribution < 1.29 is 19.8 Å². The maximum atomic E-state index is 12.5. The Morgan fingerprint density at radius 2 is 1.82 bits per heavy atom. The number of carboxylic acid groups (broad SMARTS) is 1. The van der Waals surface area contributed by atoms with E-state index in [-0.39, 0.29) is 28.0 Å². The summed E-state index contributed by atoms with van der Waals surface area (Å²) in [6.45, 7) is 0. The quantitative estimate of drug-likeness (QED) is 0.846. The minimum absolute atomic E-state index is 0.0436. The van der Waals surface area contributed by atoms with Crippen molar-refractivity contribution in [3.63, 3.8) is 0 Å². The molecule has 3 rings (SSSR count). The zero-order chi connectivity index (χ0) is 15.9. The van der Waals surface area contributed by atoms with Crippen molar-refractivity contribution in [1.82, 2.24) is 0 Å². The number of carbonyl (C=O) groups is 2. The number of aliphatic carboxylic acids is 1. The van der Waals surface area contributed by atoms with Gasteiger partial charge >= 0.3 is 5.97 Å². The molecule has 22 heavy (non-hydrogen) atoms. The molecule has 0 spiro atoms. The van der Waals surface area contributed by atoms with Gasteiger partial charge in [-0.25, -0.2) is 4.79 Å². The number of hydrogen-bond acceptors (Lipinski definition) is 4. The van der Waals surface area contributed by atoms with Gasteiger partial charge in [-0.15, -0.1) is 0 Å². The fourth-order valence-corrected chi connectivity index (χ4v) is 2.40. The van der Waals surface area contributed by atoms with E-state index in [0.717, 1.165) is 0 Å². The Morgan fingerprint density at radius 1 is 1.09 bits per heavy atom. The molecule has 0 saturated carbocycles. The van der Waals surface area contributed by atoms with Gasteiger partial charge in [0, 0.05) is 5.56 Å². The molecule has 0 heterocycles. The number of hydrogen-bond donors (Lipinski definition) is 2. The molecule has 2 aromatic rings. The van der Waals surface area contributed by atoms with Gasteiger partial charge in [-0.3, -0.25) is 4.79 Å². The average Bonchev–Trinajstić information content (AvgIpc) is 2.49. The smallest absolute Gasteiger partial charge is 0.336 e. The summed E-state index contributed by atoms with van der Waals surface area (Å²) in [5.74, 6) is -1.86. The van der Waals surface area contributed by atoms with Gasteiger partial charge in [-0.2, -0.15) is 5.26 Å². The molecule has 0 unspecified atom stereocenters. The Kier molecular flexibility index (Phi) is 3.00. The van der Waals surface area contributed by atoms with Crippen molar-refractivity contribution in [3.05, 3.63) is 64.2 Å². The molecular weight excluding hydrogens is 282 g/mol. The Bertz CT molecular complexity index is 903. The van der Waals surface area contributed by atoms with Crippen LogP contribution in [-0.2, 0) is 4.79 Å². The number of ketones is 1. The molecular formula is C17H9NO4. The second-order valence-corrected chi connectivity index (χ2v) is 4.81. The average molecular weight is 291 g/mol. The lowest BCUT2D eigenvalue weighted by Crippen LogP contribution is -2.11. The van der Waals surface area contributed by atoms with Crippen LogP contribution in [0.3, 0.4) is 0 Å². The van der Waals surface area contributed by atoms with Gasteiger partial charge in [-0.1, -0.05) is 12.1 Å². The SMILES string of the molecule is N#Cc1ccccc1C(=O)c1cc2c(cc1O)C(C(=O)O)=C2. The first-order chi connectivity index (χ1) is 10.5. The van der Waals surface area contributed by atoms with Crippen molar-refractivity contribution in [2.45, 2.75) is 0 Å². The summed E-state index contributed by atoms with van der Waals surface area (Å²) in [7, 11) is 0. The number of aromatic hydroxyl groups is 1. The minimum atomic E-state index is -1.08. The second kappa shape index (κ2) is 4.86. The summed E-state index contributed by atoms with van der Waals surface area (Å²) in [5.41, 5.74) is 1.53. The van der Waals surface area contributed by atoms with Gasteiger partial charge in [0.1, 0.15) is 5.75 Å². The standard InChI is InChI=1S/C17H9NO4/c18-8-9-3-1-2-4-11(9)16(20)14-6-10-5-13(17(21)22)12(10)7-15(14)19/h1-7,19H,(H,21,22). The third-order valence-corrected chi connectivity index (χ3v) is 3.53. The number of rotatable bonds is 3. The van der Waals surface area contributed by atoms with Gasteiger partial charge in [0.05, 0.1) is 22.8 Å². The van der Waals surface area contributed by atoms with Crippen LogP contribution in [0.1, 0.15) is 32.6 Å². The molecule has 5 heteroatoms. The number of carboxylic acids is 1. The molecule has 0 aliphatic heterocycles. The predicted molar refractivity (Wildman–Crippen MR) is 78.2 cm³/mol. The molecule has 0 radical (unpaired) electrons. The van der Waals surface area contributed by atoms with E-state index in [1.807, 2.05) is 6.07 Å². The van der Waals surface area contributed by atoms with Crippen LogP contribution in [0, 0.1) is 11.3 Å². The van der Waals surface area contributed by atoms with Crippen LogP contribution >= 0.6 is 0 Å². The van der Waals surface area contributed by atoms with Gasteiger partial charge in [0.15, 0.2) is 5.78 Å². The van der Waals surface area contributed by atoms with E-state index < -0.39 is 11.8 Å². The lowest BCUT2D eigenvalue weighted by Gasteiger charge is -2.18. The van der Waals surface area contributed by atoms with Crippen molar-refractivity contribution >= 4 is 23.4 Å². The summed E-state index contributed by atoms with van der Waals surface area (Å²) >= 11 is 0. The normalized spacial score (nSPS) is 11.7. The fourth-order valence-electron chi connectivity index (χ4n) is 2.40. The number of phenolic OH excluding ortho intramolecular Hbond substituents is 1. The van der Waals surface area contributed by atoms with Gasteiger partial charge in [-0.05, 0) is 41.5 Å². The molecule has 106 valence electrons. The number of nitriles is 1. The molecule has 1 aliphatic rings. The number of fused-ring (bicyclic) bond motifs is 1. The van der Waals surface area contributed by atoms with E-state index in [0.29, 0.717) is 11.1 Å². The maximum Gasteiger partial charge on any atom is 0.336 e. The van der Waals surface area contributed by atoms with Crippen LogP contribution in [0.5, 0.6) is 5.75 Å². The third-order valence-electron chi connectivity index (χ3n) is 3.53. The van der Waals surface area contributed by atoms with Gasteiger partial charge in [0.2, 0.25) is 0 Å². The lowest BCUT2D eigenvalue weighted by molar-refractivity contribution is -0.130. The van der Waals surface area contributed by atoms with Gasteiger partial charge in [0.25, 0.3) is 0 Å². The molecule has 0 fully saturated rings. The van der Waals surface area contributed by atoms with E-state index in [1.54, 1.807) is 12.1 Å². The second-order valence-electron chi connectivity index (χ2n) is 4.81. The Labute approximate surface area is 125 Å². The fraction of sp³-hybridized carbons (Fsp3) is 0. The number of phenols is 1. The highest BCUT2D eigenvalue weighted by molar-refractivity contribution is 6.27. The number of nitrogens with zero attached hydrogens (tertiary/aromatic N) is 1. The summed E-state index contributed by atoms with van der Waals surface area (Å²) < 4.78 is 0. The third kappa shape index (κ3) is 1.95. The van der Waals surface area contributed by atoms with Gasteiger partial charge < -0.3 is 10.2 Å². The van der Waals surface area contributed by atoms with E-state index in [2.05, 4.69) is 0 Å². The number of benzene rings is 2. The van der Waals surface area contributed by atoms with Crippen LogP contribution in [0.4, 0.5) is 0 Å². The molecule has 0 aromatic heterocycles. The first-order valence-electron chi connectivity index (χ1n) is 6.39. The van der Waals surface area contributed by atoms with Crippen LogP contribution in [0.2, 0.25) is 0 Å². The van der Waals surface area contributed by atoms with Crippen LogP contribution in [-0.4, -0.2) is 22.0 Å². The van der Waals surface area contributed by atoms with Crippen LogP contribution < -0.4 is 0 Å². The molecule has 0 atom stereocenters. The topological polar surface area (TPSA) is 98.4 Å². The van der Waals surface area contributed by atoms with Crippen LogP contribution in [0.25, 0.3) is 11.6 Å². The Hall–Kier alpha value is -3.39. The first-order valence-corrected chi connectivity index (χ1v) is 6.39. The van der Waals surface area contributed by atoms with E-state index in [4.69, 9.17) is 10.4 Å². The molecule has 2 aromatic carbocycles. The summed E-state index contributed by atoms with van der Waals surface area (Å²) in [6.07, 6.45) is 1.43. The summed E-state index contributed by atoms with van der Waals surface area (Å²) in [5, 5.41) is 28.0. The summed E-state index contributed by atoms with van der Waals surface area (Å²) in [6, 6.07) is 11.0. The molecule has 0 amide bonds. The van der Waals surface area contributed by atoms with Crippen molar-refractivity contribution in [1.29, 1.82) is 5.26 Å². The zero-order valence-corrected chi connectivity index (χ0v) is 11.2. The highest BCUT2D eigenvalue weighted by Gasteiger charge is 2.26. The molecule has 0 bridgehead atoms.